The summed E-state index contributed by atoms with van der Waals surface area (Å²) >= 11 is 1.64. The fraction of sp³-hybridized carbons (Fsp3) is 0.654. The van der Waals surface area contributed by atoms with Gasteiger partial charge in [0.2, 0.25) is 17.7 Å². The van der Waals surface area contributed by atoms with Crippen LogP contribution in [0.15, 0.2) is 24.3 Å². The molecule has 3 fully saturated rings. The predicted octanol–water partition coefficient (Wildman–Crippen LogP) is 2.66. The number of aliphatic hydroxyl groups excluding tert-OH is 1. The maximum Gasteiger partial charge on any atom is 0.244 e. The topological polar surface area (TPSA) is 108 Å². The van der Waals surface area contributed by atoms with Crippen LogP contribution in [0.3, 0.4) is 0 Å². The second kappa shape index (κ2) is 10.0. The normalized spacial score (nSPS) is 32.0. The number of carbonyl (C=O) groups excluding carboxylic acids is 3. The smallest absolute Gasteiger partial charge is 0.244 e. The number of rotatable bonds is 9. The monoisotopic (exact) mass is 503 g/mol. The third kappa shape index (κ3) is 4.20. The summed E-state index contributed by atoms with van der Waals surface area (Å²) in [6, 6.07) is 5.94. The molecule has 35 heavy (non-hydrogen) atoms. The molecule has 3 aliphatic rings. The quantitative estimate of drug-likeness (QED) is 0.478. The summed E-state index contributed by atoms with van der Waals surface area (Å²) in [6.07, 6.45) is 1.30. The molecule has 1 aromatic carbocycles. The standard InChI is InChI=1S/C26H37N3O5S/c1-6-17(13-30)29-22(24(32)27-14(3)4)26-15(5)12-19(35-26)20(21(26)25(29)33)23(31)28-16-8-10-18(11-9-16)34-7-2/h8-11,14-15,17,19-22,30H,6-7,12-13H2,1-5H3,(H,27,32)(H,28,31)/t15?,17-,19-,20+,21-,22?,26?/m0/s1. The SMILES string of the molecule is CCOc1ccc(NC(=O)[C@@H]2[C@@H]3CC(C)C4(S3)C(C(=O)NC(C)C)N([C@@H](CC)CO)C(=O)[C@H]24)cc1. The summed E-state index contributed by atoms with van der Waals surface area (Å²) in [5.41, 5.74) is 0.645. The molecular weight excluding hydrogens is 466 g/mol. The van der Waals surface area contributed by atoms with E-state index < -0.39 is 28.7 Å². The average molecular weight is 504 g/mol. The van der Waals surface area contributed by atoms with Crippen LogP contribution in [0, 0.1) is 17.8 Å². The van der Waals surface area contributed by atoms with Crippen molar-refractivity contribution in [2.24, 2.45) is 17.8 Å². The fourth-order valence-corrected chi connectivity index (χ4v) is 8.66. The second-order valence-corrected chi connectivity index (χ2v) is 11.7. The first-order valence-corrected chi connectivity index (χ1v) is 13.5. The van der Waals surface area contributed by atoms with Gasteiger partial charge in [-0.15, -0.1) is 11.8 Å². The molecule has 3 amide bonds. The van der Waals surface area contributed by atoms with E-state index in [9.17, 15) is 19.5 Å². The van der Waals surface area contributed by atoms with Crippen LogP contribution in [0.1, 0.15) is 47.5 Å². The van der Waals surface area contributed by atoms with Gasteiger partial charge in [0.05, 0.1) is 35.8 Å². The van der Waals surface area contributed by atoms with E-state index in [0.29, 0.717) is 18.7 Å². The maximum atomic E-state index is 14.0. The highest BCUT2D eigenvalue weighted by Crippen LogP contribution is 2.68. The number of anilines is 1. The number of aliphatic hydroxyl groups is 1. The number of amides is 3. The Morgan fingerprint density at radius 3 is 2.49 bits per heavy atom. The highest BCUT2D eigenvalue weighted by Gasteiger charge is 2.76. The van der Waals surface area contributed by atoms with Gasteiger partial charge < -0.3 is 25.4 Å². The molecule has 7 atom stereocenters. The Kier molecular flexibility index (Phi) is 7.38. The van der Waals surface area contributed by atoms with Crippen LogP contribution in [0.25, 0.3) is 0 Å². The van der Waals surface area contributed by atoms with Crippen molar-refractivity contribution in [3.05, 3.63) is 24.3 Å². The van der Waals surface area contributed by atoms with Gasteiger partial charge in [-0.05, 0) is 63.8 Å². The molecule has 0 aromatic heterocycles. The molecule has 0 saturated carbocycles. The van der Waals surface area contributed by atoms with Crippen molar-refractivity contribution in [3.63, 3.8) is 0 Å². The van der Waals surface area contributed by atoms with Gasteiger partial charge in [-0.2, -0.15) is 0 Å². The highest BCUT2D eigenvalue weighted by atomic mass is 32.2. The van der Waals surface area contributed by atoms with E-state index in [1.54, 1.807) is 40.9 Å². The zero-order chi connectivity index (χ0) is 25.5. The number of ether oxygens (including phenoxy) is 1. The Hall–Kier alpha value is -2.26. The minimum absolute atomic E-state index is 0.0349. The van der Waals surface area contributed by atoms with E-state index in [1.807, 2.05) is 27.7 Å². The lowest BCUT2D eigenvalue weighted by molar-refractivity contribution is -0.142. The lowest BCUT2D eigenvalue weighted by atomic mass is 9.65. The van der Waals surface area contributed by atoms with Crippen molar-refractivity contribution in [2.45, 2.75) is 75.6 Å². The Morgan fingerprint density at radius 1 is 1.23 bits per heavy atom. The minimum atomic E-state index is -0.715. The van der Waals surface area contributed by atoms with Crippen LogP contribution in [0.2, 0.25) is 0 Å². The number of fused-ring (bicyclic) bond motifs is 1. The molecule has 3 heterocycles. The van der Waals surface area contributed by atoms with Crippen LogP contribution in [0.4, 0.5) is 5.69 Å². The molecule has 192 valence electrons. The van der Waals surface area contributed by atoms with Gasteiger partial charge in [-0.3, -0.25) is 14.4 Å². The fourth-order valence-electron chi connectivity index (χ4n) is 6.26. The van der Waals surface area contributed by atoms with Gasteiger partial charge in [0.15, 0.2) is 0 Å². The Balaban J connectivity index is 1.68. The van der Waals surface area contributed by atoms with E-state index in [1.165, 1.54) is 0 Å². The van der Waals surface area contributed by atoms with Crippen LogP contribution in [0.5, 0.6) is 5.75 Å². The van der Waals surface area contributed by atoms with Crippen molar-refractivity contribution >= 4 is 35.2 Å². The Bertz CT molecular complexity index is 966. The van der Waals surface area contributed by atoms with Crippen molar-refractivity contribution < 1.29 is 24.2 Å². The molecule has 3 saturated heterocycles. The van der Waals surface area contributed by atoms with E-state index in [-0.39, 0.29) is 41.5 Å². The largest absolute Gasteiger partial charge is 0.494 e. The van der Waals surface area contributed by atoms with Crippen molar-refractivity contribution in [1.82, 2.24) is 10.2 Å². The van der Waals surface area contributed by atoms with E-state index in [4.69, 9.17) is 4.74 Å². The van der Waals surface area contributed by atoms with Gasteiger partial charge in [-0.1, -0.05) is 13.8 Å². The number of thioether (sulfide) groups is 1. The molecular formula is C26H37N3O5S. The zero-order valence-electron chi connectivity index (χ0n) is 21.1. The Labute approximate surface area is 211 Å². The summed E-state index contributed by atoms with van der Waals surface area (Å²) in [7, 11) is 0. The van der Waals surface area contributed by atoms with E-state index in [0.717, 1.165) is 12.2 Å². The molecule has 3 unspecified atom stereocenters. The van der Waals surface area contributed by atoms with Crippen LogP contribution in [-0.2, 0) is 14.4 Å². The summed E-state index contributed by atoms with van der Waals surface area (Å²) in [5, 5.41) is 16.1. The number of carbonyl (C=O) groups is 3. The van der Waals surface area contributed by atoms with Crippen molar-refractivity contribution in [2.75, 3.05) is 18.5 Å². The molecule has 8 nitrogen and oxygen atoms in total. The first-order valence-electron chi connectivity index (χ1n) is 12.6. The number of likely N-dealkylation sites (tertiary alicyclic amines) is 1. The number of benzene rings is 1. The molecule has 0 radical (unpaired) electrons. The zero-order valence-corrected chi connectivity index (χ0v) is 21.9. The summed E-state index contributed by atoms with van der Waals surface area (Å²) in [5.74, 6) is -0.911. The molecule has 2 bridgehead atoms. The molecule has 1 aromatic rings. The predicted molar refractivity (Wildman–Crippen MR) is 136 cm³/mol. The van der Waals surface area contributed by atoms with E-state index >= 15 is 0 Å². The highest BCUT2D eigenvalue weighted by molar-refractivity contribution is 8.02. The molecule has 3 N–H and O–H groups in total. The van der Waals surface area contributed by atoms with Crippen LogP contribution < -0.4 is 15.4 Å². The average Bonchev–Trinajstić information content (AvgIpc) is 3.40. The number of nitrogens with zero attached hydrogens (tertiary/aromatic N) is 1. The molecule has 1 spiro atoms. The van der Waals surface area contributed by atoms with Crippen molar-refractivity contribution in [3.8, 4) is 5.75 Å². The van der Waals surface area contributed by atoms with Gasteiger partial charge >= 0.3 is 0 Å². The van der Waals surface area contributed by atoms with Crippen LogP contribution >= 0.6 is 11.8 Å². The number of hydrogen-bond acceptors (Lipinski definition) is 6. The molecule has 9 heteroatoms. The van der Waals surface area contributed by atoms with Gasteiger partial charge in [0, 0.05) is 17.0 Å². The summed E-state index contributed by atoms with van der Waals surface area (Å²) in [6.45, 7) is 10.0. The molecule has 0 aliphatic carbocycles. The first-order chi connectivity index (χ1) is 16.7. The molecule has 4 rings (SSSR count). The third-order valence-electron chi connectivity index (χ3n) is 7.67. The lowest BCUT2D eigenvalue weighted by Crippen LogP contribution is -2.59. The van der Waals surface area contributed by atoms with E-state index in [2.05, 4.69) is 17.6 Å². The number of nitrogens with one attached hydrogen (secondary N) is 2. The summed E-state index contributed by atoms with van der Waals surface area (Å²) in [4.78, 5) is 42.7. The lowest BCUT2D eigenvalue weighted by Gasteiger charge is -2.40. The molecule has 3 aliphatic heterocycles. The van der Waals surface area contributed by atoms with Crippen LogP contribution in [-0.4, -0.2) is 69.1 Å². The minimum Gasteiger partial charge on any atom is -0.494 e. The Morgan fingerprint density at radius 2 is 1.91 bits per heavy atom. The first kappa shape index (κ1) is 25.8. The van der Waals surface area contributed by atoms with Gasteiger partial charge in [-0.25, -0.2) is 0 Å². The van der Waals surface area contributed by atoms with Gasteiger partial charge in [0.1, 0.15) is 11.8 Å². The third-order valence-corrected chi connectivity index (χ3v) is 9.75. The second-order valence-electron chi connectivity index (χ2n) is 10.2. The number of hydrogen-bond donors (Lipinski definition) is 3. The summed E-state index contributed by atoms with van der Waals surface area (Å²) < 4.78 is 4.79. The van der Waals surface area contributed by atoms with Crippen molar-refractivity contribution in [1.29, 1.82) is 0 Å². The maximum absolute atomic E-state index is 14.0. The van der Waals surface area contributed by atoms with Gasteiger partial charge in [0.25, 0.3) is 0 Å².